The number of alkyl halides is 1. The molecule has 0 amide bonds. The van der Waals surface area contributed by atoms with E-state index in [2.05, 4.69) is 18.0 Å². The van der Waals surface area contributed by atoms with Gasteiger partial charge in [0.2, 0.25) is 0 Å². The first-order valence-electron chi connectivity index (χ1n) is 3.92. The topological polar surface area (TPSA) is 27.0 Å². The molecule has 0 heterocycles. The third kappa shape index (κ3) is 7.64. The second-order valence-corrected chi connectivity index (χ2v) is 2.99. The fourth-order valence-electron chi connectivity index (χ4n) is 0.870. The number of unbranched alkanes of at least 4 members (excludes halogenated alkanes) is 1. The maximum absolute atomic E-state index is 8.27. The predicted octanol–water partition coefficient (Wildman–Crippen LogP) is 1.85. The van der Waals surface area contributed by atoms with Gasteiger partial charge in [-0.3, -0.25) is 0 Å². The molecule has 11 heavy (non-hydrogen) atoms. The molecule has 0 aliphatic heterocycles. The molecule has 0 spiro atoms. The number of rotatable bonds is 6. The number of nitriles is 1. The van der Waals surface area contributed by atoms with Crippen LogP contribution in [0.2, 0.25) is 0 Å². The van der Waals surface area contributed by atoms with Crippen LogP contribution in [0.1, 0.15) is 19.3 Å². The van der Waals surface area contributed by atoms with Gasteiger partial charge >= 0.3 is 0 Å². The molecule has 0 aromatic rings. The van der Waals surface area contributed by atoms with Gasteiger partial charge in [-0.2, -0.15) is 5.26 Å². The maximum atomic E-state index is 8.27. The lowest BCUT2D eigenvalue weighted by Crippen LogP contribution is -2.21. The monoisotopic (exact) mass is 174 g/mol. The van der Waals surface area contributed by atoms with Crippen molar-refractivity contribution >= 4 is 11.6 Å². The van der Waals surface area contributed by atoms with Gasteiger partial charge < -0.3 is 4.90 Å². The molecule has 0 aliphatic carbocycles. The Kier molecular flexibility index (Phi) is 7.66. The highest BCUT2D eigenvalue weighted by Crippen LogP contribution is 1.94. The molecule has 2 nitrogen and oxygen atoms in total. The van der Waals surface area contributed by atoms with Crippen LogP contribution in [0.15, 0.2) is 0 Å². The number of halogens is 1. The van der Waals surface area contributed by atoms with Crippen LogP contribution in [0, 0.1) is 11.3 Å². The van der Waals surface area contributed by atoms with Crippen molar-refractivity contribution in [2.45, 2.75) is 19.3 Å². The molecule has 0 saturated carbocycles. The Bertz CT molecular complexity index is 120. The summed E-state index contributed by atoms with van der Waals surface area (Å²) in [6, 6.07) is 2.13. The molecule has 0 N–H and O–H groups in total. The Labute approximate surface area is 73.7 Å². The summed E-state index contributed by atoms with van der Waals surface area (Å²) in [5.41, 5.74) is 0. The molecule has 0 atom stereocenters. The van der Waals surface area contributed by atoms with Crippen molar-refractivity contribution < 1.29 is 0 Å². The van der Waals surface area contributed by atoms with Gasteiger partial charge in [-0.1, -0.05) is 0 Å². The van der Waals surface area contributed by atoms with E-state index < -0.39 is 0 Å². The normalized spacial score (nSPS) is 10.0. The Morgan fingerprint density at radius 2 is 2.00 bits per heavy atom. The minimum atomic E-state index is 0.658. The number of hydrogen-bond donors (Lipinski definition) is 0. The molecule has 0 aromatic heterocycles. The minimum absolute atomic E-state index is 0.658. The second-order valence-electron chi connectivity index (χ2n) is 2.61. The van der Waals surface area contributed by atoms with Crippen molar-refractivity contribution in [3.05, 3.63) is 0 Å². The van der Waals surface area contributed by atoms with Crippen LogP contribution in [0.4, 0.5) is 0 Å². The highest BCUT2D eigenvalue weighted by Gasteiger charge is 1.95. The van der Waals surface area contributed by atoms with Crippen LogP contribution in [0.25, 0.3) is 0 Å². The molecule has 0 rings (SSSR count). The number of nitrogens with zero attached hydrogens (tertiary/aromatic N) is 2. The van der Waals surface area contributed by atoms with Crippen molar-refractivity contribution in [1.82, 2.24) is 4.90 Å². The average molecular weight is 175 g/mol. The summed E-state index contributed by atoms with van der Waals surface area (Å²) in [5, 5.41) is 8.27. The molecule has 0 fully saturated rings. The van der Waals surface area contributed by atoms with Gasteiger partial charge in [-0.25, -0.2) is 0 Å². The van der Waals surface area contributed by atoms with Gasteiger partial charge in [0, 0.05) is 12.3 Å². The van der Waals surface area contributed by atoms with E-state index in [1.54, 1.807) is 0 Å². The maximum Gasteiger partial charge on any atom is 0.0622 e. The third-order valence-electron chi connectivity index (χ3n) is 1.50. The van der Waals surface area contributed by atoms with E-state index in [1.807, 2.05) is 0 Å². The fraction of sp³-hybridized carbons (Fsp3) is 0.875. The third-order valence-corrected chi connectivity index (χ3v) is 1.77. The van der Waals surface area contributed by atoms with Crippen molar-refractivity contribution in [1.29, 1.82) is 5.26 Å². The van der Waals surface area contributed by atoms with Crippen molar-refractivity contribution in [2.75, 3.05) is 26.0 Å². The van der Waals surface area contributed by atoms with Gasteiger partial charge in [0.15, 0.2) is 0 Å². The SMILES string of the molecule is CN(CCCCl)CCCC#N. The van der Waals surface area contributed by atoms with Gasteiger partial charge in [-0.05, 0) is 33.0 Å². The predicted molar refractivity (Wildman–Crippen MR) is 47.7 cm³/mol. The Morgan fingerprint density at radius 1 is 1.36 bits per heavy atom. The second kappa shape index (κ2) is 7.84. The first-order chi connectivity index (χ1) is 5.31. The van der Waals surface area contributed by atoms with Crippen LogP contribution < -0.4 is 0 Å². The Hall–Kier alpha value is -0.260. The summed E-state index contributed by atoms with van der Waals surface area (Å²) < 4.78 is 0. The molecule has 64 valence electrons. The molecule has 0 radical (unpaired) electrons. The highest BCUT2D eigenvalue weighted by atomic mass is 35.5. The molecule has 0 aliphatic rings. The van der Waals surface area contributed by atoms with E-state index in [4.69, 9.17) is 16.9 Å². The molecule has 3 heteroatoms. The first kappa shape index (κ1) is 10.7. The van der Waals surface area contributed by atoms with Gasteiger partial charge in [0.05, 0.1) is 6.07 Å². The van der Waals surface area contributed by atoms with Crippen LogP contribution in [-0.2, 0) is 0 Å². The van der Waals surface area contributed by atoms with Gasteiger partial charge in [0.25, 0.3) is 0 Å². The summed E-state index contributed by atoms with van der Waals surface area (Å²) in [6.45, 7) is 2.04. The zero-order valence-electron chi connectivity index (χ0n) is 7.02. The lowest BCUT2D eigenvalue weighted by atomic mass is 10.3. The fourth-order valence-corrected chi connectivity index (χ4v) is 0.989. The molecular weight excluding hydrogens is 160 g/mol. The zero-order valence-corrected chi connectivity index (χ0v) is 7.77. The Morgan fingerprint density at radius 3 is 2.55 bits per heavy atom. The summed E-state index contributed by atoms with van der Waals surface area (Å²) in [7, 11) is 2.06. The van der Waals surface area contributed by atoms with Crippen LogP contribution >= 0.6 is 11.6 Å². The summed E-state index contributed by atoms with van der Waals surface area (Å²) in [4.78, 5) is 2.21. The minimum Gasteiger partial charge on any atom is -0.306 e. The van der Waals surface area contributed by atoms with Gasteiger partial charge in [-0.15, -0.1) is 11.6 Å². The van der Waals surface area contributed by atoms with Crippen LogP contribution in [0.3, 0.4) is 0 Å². The van der Waals surface area contributed by atoms with Crippen LogP contribution in [0.5, 0.6) is 0 Å². The van der Waals surface area contributed by atoms with E-state index in [0.29, 0.717) is 6.42 Å². The lowest BCUT2D eigenvalue weighted by Gasteiger charge is -2.13. The van der Waals surface area contributed by atoms with E-state index >= 15 is 0 Å². The van der Waals surface area contributed by atoms with Crippen molar-refractivity contribution in [3.8, 4) is 6.07 Å². The quantitative estimate of drug-likeness (QED) is 0.454. The summed E-state index contributed by atoms with van der Waals surface area (Å²) >= 11 is 5.53. The zero-order chi connectivity index (χ0) is 8.53. The van der Waals surface area contributed by atoms with Gasteiger partial charge in [0.1, 0.15) is 0 Å². The molecule has 0 unspecified atom stereocenters. The van der Waals surface area contributed by atoms with E-state index in [9.17, 15) is 0 Å². The summed E-state index contributed by atoms with van der Waals surface area (Å²) in [6.07, 6.45) is 2.66. The standard InChI is InChI=1S/C8H15ClN2/c1-11(8-4-5-9)7-3-2-6-10/h2-5,7-8H2,1H3. The molecule has 0 saturated heterocycles. The molecule has 0 aromatic carbocycles. The van der Waals surface area contributed by atoms with E-state index in [-0.39, 0.29) is 0 Å². The highest BCUT2D eigenvalue weighted by molar-refractivity contribution is 6.17. The van der Waals surface area contributed by atoms with E-state index in [1.165, 1.54) is 0 Å². The van der Waals surface area contributed by atoms with Crippen molar-refractivity contribution in [3.63, 3.8) is 0 Å². The van der Waals surface area contributed by atoms with Crippen LogP contribution in [-0.4, -0.2) is 30.9 Å². The molecule has 0 bridgehead atoms. The number of hydrogen-bond acceptors (Lipinski definition) is 2. The smallest absolute Gasteiger partial charge is 0.0622 e. The largest absolute Gasteiger partial charge is 0.306 e. The summed E-state index contributed by atoms with van der Waals surface area (Å²) in [5.74, 6) is 0.725. The molecular formula is C8H15ClN2. The van der Waals surface area contributed by atoms with Crippen molar-refractivity contribution in [2.24, 2.45) is 0 Å². The average Bonchev–Trinajstić information content (AvgIpc) is 2.01. The Balaban J connectivity index is 3.10. The first-order valence-corrected chi connectivity index (χ1v) is 4.46. The van der Waals surface area contributed by atoms with E-state index in [0.717, 1.165) is 31.8 Å². The lowest BCUT2D eigenvalue weighted by molar-refractivity contribution is 0.332.